The minimum absolute atomic E-state index is 0.225. The molecule has 1 aromatic carbocycles. The zero-order chi connectivity index (χ0) is 12.7. The van der Waals surface area contributed by atoms with E-state index in [1.54, 1.807) is 6.08 Å². The van der Waals surface area contributed by atoms with E-state index >= 15 is 0 Å². The number of hydrogen-bond acceptors (Lipinski definition) is 4. The van der Waals surface area contributed by atoms with Gasteiger partial charge in [-0.2, -0.15) is 0 Å². The Labute approximate surface area is 103 Å². The molecule has 5 heteroatoms. The highest BCUT2D eigenvalue weighted by molar-refractivity contribution is 7.99. The van der Waals surface area contributed by atoms with E-state index in [1.807, 2.05) is 24.3 Å². The maximum Gasteiger partial charge on any atom is 0.140 e. The summed E-state index contributed by atoms with van der Waals surface area (Å²) in [4.78, 5) is 0. The highest BCUT2D eigenvalue weighted by atomic mass is 32.2. The molecule has 0 aliphatic carbocycles. The number of nitrogens with zero attached hydrogens (tertiary/aromatic N) is 1. The zero-order valence-electron chi connectivity index (χ0n) is 9.72. The molecule has 2 N–H and O–H groups in total. The van der Waals surface area contributed by atoms with E-state index in [1.165, 1.54) is 6.92 Å². The van der Waals surface area contributed by atoms with Crippen LogP contribution >= 0.6 is 0 Å². The molecule has 0 aromatic heterocycles. The standard InChI is InChI=1S/C12H16N2O2S/c1-3-8-13-12-7-5-4-6-11(12)9-17(16)10(2)14-15/h3-7,13,15H,1,8-9H2,2H3. The largest absolute Gasteiger partial charge is 0.410 e. The van der Waals surface area contributed by atoms with Crippen LogP contribution in [0.15, 0.2) is 42.1 Å². The Morgan fingerprint density at radius 2 is 2.29 bits per heavy atom. The van der Waals surface area contributed by atoms with Crippen molar-refractivity contribution in [2.75, 3.05) is 11.9 Å². The molecule has 0 amide bonds. The second-order valence-corrected chi connectivity index (χ2v) is 5.01. The van der Waals surface area contributed by atoms with Gasteiger partial charge in [-0.25, -0.2) is 0 Å². The fourth-order valence-corrected chi connectivity index (χ4v) is 2.13. The number of hydrogen-bond donors (Lipinski definition) is 2. The van der Waals surface area contributed by atoms with E-state index in [9.17, 15) is 4.21 Å². The lowest BCUT2D eigenvalue weighted by Crippen LogP contribution is -2.08. The van der Waals surface area contributed by atoms with E-state index in [-0.39, 0.29) is 5.04 Å². The van der Waals surface area contributed by atoms with Crippen molar-refractivity contribution in [2.24, 2.45) is 5.16 Å². The average molecular weight is 252 g/mol. The predicted molar refractivity (Wildman–Crippen MR) is 71.9 cm³/mol. The molecular weight excluding hydrogens is 236 g/mol. The van der Waals surface area contributed by atoms with E-state index in [2.05, 4.69) is 17.1 Å². The van der Waals surface area contributed by atoms with Crippen molar-refractivity contribution in [1.29, 1.82) is 0 Å². The first kappa shape index (κ1) is 13.4. The van der Waals surface area contributed by atoms with Gasteiger partial charge in [-0.1, -0.05) is 29.4 Å². The highest BCUT2D eigenvalue weighted by Crippen LogP contribution is 2.17. The van der Waals surface area contributed by atoms with Crippen molar-refractivity contribution in [2.45, 2.75) is 12.7 Å². The topological polar surface area (TPSA) is 61.7 Å². The minimum atomic E-state index is -1.30. The third kappa shape index (κ3) is 4.03. The van der Waals surface area contributed by atoms with Crippen molar-refractivity contribution in [3.05, 3.63) is 42.5 Å². The van der Waals surface area contributed by atoms with E-state index in [4.69, 9.17) is 5.21 Å². The van der Waals surface area contributed by atoms with Crippen LogP contribution in [-0.2, 0) is 16.6 Å². The van der Waals surface area contributed by atoms with Crippen LogP contribution in [0.1, 0.15) is 12.5 Å². The Morgan fingerprint density at radius 1 is 1.59 bits per heavy atom. The van der Waals surface area contributed by atoms with E-state index < -0.39 is 10.8 Å². The van der Waals surface area contributed by atoms with Gasteiger partial charge >= 0.3 is 0 Å². The van der Waals surface area contributed by atoms with Gasteiger partial charge in [-0.3, -0.25) is 4.21 Å². The number of rotatable bonds is 5. The van der Waals surface area contributed by atoms with Crippen LogP contribution < -0.4 is 5.32 Å². The molecule has 1 rings (SSSR count). The summed E-state index contributed by atoms with van der Waals surface area (Å²) in [6, 6.07) is 7.61. The molecule has 0 fully saturated rings. The lowest BCUT2D eigenvalue weighted by Gasteiger charge is -2.09. The number of nitrogens with one attached hydrogen (secondary N) is 1. The Balaban J connectivity index is 2.83. The summed E-state index contributed by atoms with van der Waals surface area (Å²) in [5.74, 6) is 0.330. The van der Waals surface area contributed by atoms with Gasteiger partial charge in [0.25, 0.3) is 0 Å². The van der Waals surface area contributed by atoms with Crippen molar-refractivity contribution in [3.8, 4) is 0 Å². The number of anilines is 1. The molecular formula is C12H16N2O2S. The third-order valence-corrected chi connectivity index (χ3v) is 3.52. The molecule has 0 saturated carbocycles. The summed E-state index contributed by atoms with van der Waals surface area (Å²) in [6.45, 7) is 5.82. The summed E-state index contributed by atoms with van der Waals surface area (Å²) in [6.07, 6.45) is 1.76. The van der Waals surface area contributed by atoms with Crippen molar-refractivity contribution >= 4 is 21.5 Å². The molecule has 0 heterocycles. The molecule has 1 aromatic rings. The Kier molecular flexibility index (Phi) is 5.42. The van der Waals surface area contributed by atoms with Crippen LogP contribution in [0.25, 0.3) is 0 Å². The average Bonchev–Trinajstić information content (AvgIpc) is 2.36. The van der Waals surface area contributed by atoms with Gasteiger partial charge in [-0.15, -0.1) is 6.58 Å². The van der Waals surface area contributed by atoms with Gasteiger partial charge < -0.3 is 10.5 Å². The van der Waals surface area contributed by atoms with Crippen LogP contribution in [0.5, 0.6) is 0 Å². The fraction of sp³-hybridized carbons (Fsp3) is 0.250. The molecule has 0 saturated heterocycles. The lowest BCUT2D eigenvalue weighted by molar-refractivity contribution is 0.320. The smallest absolute Gasteiger partial charge is 0.140 e. The monoisotopic (exact) mass is 252 g/mol. The second-order valence-electron chi connectivity index (χ2n) is 3.44. The summed E-state index contributed by atoms with van der Waals surface area (Å²) >= 11 is 0. The van der Waals surface area contributed by atoms with Crippen LogP contribution in [0.2, 0.25) is 0 Å². The SMILES string of the molecule is C=CCNc1ccccc1CS(=O)C(C)=NO. The normalized spacial score (nSPS) is 13.1. The van der Waals surface area contributed by atoms with Crippen molar-refractivity contribution in [3.63, 3.8) is 0 Å². The molecule has 0 spiro atoms. The Bertz CT molecular complexity index is 444. The first-order valence-corrected chi connectivity index (χ1v) is 6.50. The highest BCUT2D eigenvalue weighted by Gasteiger charge is 2.08. The summed E-state index contributed by atoms with van der Waals surface area (Å²) < 4.78 is 11.7. The molecule has 0 bridgehead atoms. The first-order chi connectivity index (χ1) is 8.19. The van der Waals surface area contributed by atoms with Crippen molar-refractivity contribution < 1.29 is 9.42 Å². The first-order valence-electron chi connectivity index (χ1n) is 5.18. The molecule has 4 nitrogen and oxygen atoms in total. The molecule has 0 aliphatic heterocycles. The Morgan fingerprint density at radius 3 is 2.94 bits per heavy atom. The van der Waals surface area contributed by atoms with Gasteiger partial charge in [0, 0.05) is 12.2 Å². The van der Waals surface area contributed by atoms with E-state index in [0.29, 0.717) is 12.3 Å². The van der Waals surface area contributed by atoms with Gasteiger partial charge in [0.15, 0.2) is 0 Å². The molecule has 0 radical (unpaired) electrons. The van der Waals surface area contributed by atoms with Gasteiger partial charge in [-0.05, 0) is 18.6 Å². The minimum Gasteiger partial charge on any atom is -0.410 e. The van der Waals surface area contributed by atoms with E-state index in [0.717, 1.165) is 11.3 Å². The number of oxime groups is 1. The molecule has 0 aliphatic rings. The number of para-hydroxylation sites is 1. The molecule has 17 heavy (non-hydrogen) atoms. The molecule has 1 unspecified atom stereocenters. The van der Waals surface area contributed by atoms with Gasteiger partial charge in [0.1, 0.15) is 5.04 Å². The maximum absolute atomic E-state index is 11.7. The fourth-order valence-electron chi connectivity index (χ4n) is 1.29. The van der Waals surface area contributed by atoms with Crippen LogP contribution in [-0.4, -0.2) is 21.0 Å². The predicted octanol–water partition coefficient (Wildman–Crippen LogP) is 2.34. The Hall–Kier alpha value is -1.62. The molecule has 92 valence electrons. The van der Waals surface area contributed by atoms with Crippen LogP contribution in [0, 0.1) is 0 Å². The van der Waals surface area contributed by atoms with Crippen LogP contribution in [0.3, 0.4) is 0 Å². The third-order valence-electron chi connectivity index (χ3n) is 2.21. The lowest BCUT2D eigenvalue weighted by atomic mass is 10.2. The maximum atomic E-state index is 11.7. The van der Waals surface area contributed by atoms with Crippen molar-refractivity contribution in [1.82, 2.24) is 0 Å². The quantitative estimate of drug-likeness (QED) is 0.278. The number of benzene rings is 1. The second kappa shape index (κ2) is 6.85. The van der Waals surface area contributed by atoms with Crippen LogP contribution in [0.4, 0.5) is 5.69 Å². The van der Waals surface area contributed by atoms with Gasteiger partial charge in [0.2, 0.25) is 0 Å². The summed E-state index contributed by atoms with van der Waals surface area (Å²) in [5, 5.41) is 14.9. The zero-order valence-corrected chi connectivity index (χ0v) is 10.5. The van der Waals surface area contributed by atoms with Gasteiger partial charge in [0.05, 0.1) is 16.6 Å². The summed E-state index contributed by atoms with van der Waals surface area (Å²) in [7, 11) is -1.30. The summed E-state index contributed by atoms with van der Waals surface area (Å²) in [5.41, 5.74) is 1.85. The molecule has 1 atom stereocenters.